The number of aromatic nitrogens is 2. The van der Waals surface area contributed by atoms with Gasteiger partial charge in [0.15, 0.2) is 0 Å². The van der Waals surface area contributed by atoms with Crippen molar-refractivity contribution in [3.05, 3.63) is 47.5 Å². The Hall–Kier alpha value is -3.03. The van der Waals surface area contributed by atoms with E-state index in [4.69, 9.17) is 9.47 Å². The fraction of sp³-hybridized carbons (Fsp3) is 0.450. The Bertz CT molecular complexity index is 831. The number of urea groups is 1. The van der Waals surface area contributed by atoms with Crippen molar-refractivity contribution in [1.29, 1.82) is 0 Å². The minimum atomic E-state index is -0.713. The first-order valence-electron chi connectivity index (χ1n) is 9.27. The smallest absolute Gasteiger partial charge is 0.328 e. The van der Waals surface area contributed by atoms with Gasteiger partial charge in [0.2, 0.25) is 0 Å². The van der Waals surface area contributed by atoms with E-state index in [0.29, 0.717) is 13.0 Å². The summed E-state index contributed by atoms with van der Waals surface area (Å²) in [6.07, 6.45) is 2.31. The maximum absolute atomic E-state index is 13.1. The summed E-state index contributed by atoms with van der Waals surface area (Å²) in [6.45, 7) is 4.24. The molecule has 1 aliphatic rings. The van der Waals surface area contributed by atoms with Crippen LogP contribution in [0.5, 0.6) is 5.75 Å². The largest absolute Gasteiger partial charge is 0.497 e. The van der Waals surface area contributed by atoms with E-state index in [9.17, 15) is 9.59 Å². The van der Waals surface area contributed by atoms with Gasteiger partial charge < -0.3 is 24.7 Å². The van der Waals surface area contributed by atoms with Gasteiger partial charge in [0.05, 0.1) is 26.2 Å². The van der Waals surface area contributed by atoms with Crippen molar-refractivity contribution in [2.45, 2.75) is 32.4 Å². The summed E-state index contributed by atoms with van der Waals surface area (Å²) in [4.78, 5) is 34.5. The number of H-pyrrole nitrogens is 1. The topological polar surface area (TPSA) is 96.6 Å². The van der Waals surface area contributed by atoms with Crippen molar-refractivity contribution in [1.82, 2.24) is 20.2 Å². The SMILES string of the molecule is COC(=O)[C@@H](NC(=O)N1CCc2[nH]cnc2[C@@H]1c1ccc(OC)cc1)C(C)C. The maximum atomic E-state index is 13.1. The summed E-state index contributed by atoms with van der Waals surface area (Å²) in [5.74, 6) is 0.187. The predicted molar refractivity (Wildman–Crippen MR) is 103 cm³/mol. The average molecular weight is 386 g/mol. The quantitative estimate of drug-likeness (QED) is 0.769. The van der Waals surface area contributed by atoms with Gasteiger partial charge in [-0.05, 0) is 23.6 Å². The van der Waals surface area contributed by atoms with Crippen molar-refractivity contribution in [3.8, 4) is 5.75 Å². The molecule has 2 aromatic rings. The van der Waals surface area contributed by atoms with Crippen molar-refractivity contribution in [2.75, 3.05) is 20.8 Å². The number of carbonyl (C=O) groups is 2. The fourth-order valence-corrected chi connectivity index (χ4v) is 3.46. The van der Waals surface area contributed by atoms with Gasteiger partial charge in [0, 0.05) is 18.7 Å². The molecule has 1 aliphatic heterocycles. The summed E-state index contributed by atoms with van der Waals surface area (Å²) in [5, 5.41) is 2.83. The van der Waals surface area contributed by atoms with Crippen LogP contribution in [0.4, 0.5) is 4.79 Å². The number of methoxy groups -OCH3 is 2. The van der Waals surface area contributed by atoms with Gasteiger partial charge in [0.1, 0.15) is 17.8 Å². The van der Waals surface area contributed by atoms with Crippen LogP contribution in [0.25, 0.3) is 0 Å². The zero-order chi connectivity index (χ0) is 20.3. The van der Waals surface area contributed by atoms with Crippen molar-refractivity contribution < 1.29 is 19.1 Å². The highest BCUT2D eigenvalue weighted by Crippen LogP contribution is 2.34. The Morgan fingerprint density at radius 2 is 1.96 bits per heavy atom. The van der Waals surface area contributed by atoms with Crippen LogP contribution in [-0.2, 0) is 16.0 Å². The average Bonchev–Trinajstić information content (AvgIpc) is 3.19. The molecule has 2 amide bonds. The van der Waals surface area contributed by atoms with E-state index < -0.39 is 12.0 Å². The number of carbonyl (C=O) groups excluding carboxylic acids is 2. The molecule has 8 heteroatoms. The predicted octanol–water partition coefficient (Wildman–Crippen LogP) is 2.27. The molecule has 2 heterocycles. The number of hydrogen-bond acceptors (Lipinski definition) is 5. The molecular weight excluding hydrogens is 360 g/mol. The van der Waals surface area contributed by atoms with Crippen molar-refractivity contribution in [3.63, 3.8) is 0 Å². The Labute approximate surface area is 164 Å². The number of hydrogen-bond donors (Lipinski definition) is 2. The Morgan fingerprint density at radius 3 is 2.57 bits per heavy atom. The molecule has 0 bridgehead atoms. The van der Waals surface area contributed by atoms with Crippen LogP contribution < -0.4 is 10.1 Å². The van der Waals surface area contributed by atoms with E-state index in [0.717, 1.165) is 22.7 Å². The Morgan fingerprint density at radius 1 is 1.25 bits per heavy atom. The summed E-state index contributed by atoms with van der Waals surface area (Å²) in [6, 6.07) is 6.18. The van der Waals surface area contributed by atoms with Gasteiger partial charge in [-0.3, -0.25) is 0 Å². The second kappa shape index (κ2) is 8.33. The molecule has 0 aliphatic carbocycles. The molecule has 8 nitrogen and oxygen atoms in total. The Kier molecular flexibility index (Phi) is 5.87. The first-order chi connectivity index (χ1) is 13.5. The summed E-state index contributed by atoms with van der Waals surface area (Å²) >= 11 is 0. The second-order valence-corrected chi connectivity index (χ2v) is 7.08. The molecular formula is C20H26N4O4. The van der Waals surface area contributed by atoms with Crippen LogP contribution in [0, 0.1) is 5.92 Å². The van der Waals surface area contributed by atoms with E-state index in [1.807, 2.05) is 38.1 Å². The molecule has 3 rings (SSSR count). The van der Waals surface area contributed by atoms with Crippen LogP contribution >= 0.6 is 0 Å². The lowest BCUT2D eigenvalue weighted by Crippen LogP contribution is -2.53. The molecule has 0 radical (unpaired) electrons. The third-order valence-electron chi connectivity index (χ3n) is 5.02. The minimum Gasteiger partial charge on any atom is -0.497 e. The summed E-state index contributed by atoms with van der Waals surface area (Å²) in [5.41, 5.74) is 2.74. The summed E-state index contributed by atoms with van der Waals surface area (Å²) < 4.78 is 10.1. The number of rotatable bonds is 5. The highest BCUT2D eigenvalue weighted by molar-refractivity contribution is 5.84. The van der Waals surface area contributed by atoms with E-state index in [2.05, 4.69) is 15.3 Å². The van der Waals surface area contributed by atoms with Gasteiger partial charge in [-0.2, -0.15) is 0 Å². The van der Waals surface area contributed by atoms with Gasteiger partial charge in [-0.1, -0.05) is 26.0 Å². The zero-order valence-electron chi connectivity index (χ0n) is 16.6. The van der Waals surface area contributed by atoms with E-state index >= 15 is 0 Å². The normalized spacial score (nSPS) is 17.0. The van der Waals surface area contributed by atoms with Crippen molar-refractivity contribution in [2.24, 2.45) is 5.92 Å². The third-order valence-corrected chi connectivity index (χ3v) is 5.02. The van der Waals surface area contributed by atoms with Crippen LogP contribution in [-0.4, -0.2) is 53.7 Å². The maximum Gasteiger partial charge on any atom is 0.328 e. The lowest BCUT2D eigenvalue weighted by molar-refractivity contribution is -0.144. The molecule has 0 saturated heterocycles. The molecule has 0 saturated carbocycles. The monoisotopic (exact) mass is 386 g/mol. The lowest BCUT2D eigenvalue weighted by Gasteiger charge is -2.36. The van der Waals surface area contributed by atoms with Crippen molar-refractivity contribution >= 4 is 12.0 Å². The highest BCUT2D eigenvalue weighted by atomic mass is 16.5. The molecule has 2 N–H and O–H groups in total. The fourth-order valence-electron chi connectivity index (χ4n) is 3.46. The van der Waals surface area contributed by atoms with E-state index in [-0.39, 0.29) is 18.0 Å². The van der Waals surface area contributed by atoms with Crippen LogP contribution in [0.1, 0.15) is 36.8 Å². The third kappa shape index (κ3) is 3.81. The van der Waals surface area contributed by atoms with E-state index in [1.54, 1.807) is 18.3 Å². The zero-order valence-corrected chi connectivity index (χ0v) is 16.6. The second-order valence-electron chi connectivity index (χ2n) is 7.08. The number of aromatic amines is 1. The standard InChI is InChI=1S/C20H26N4O4/c1-12(2)16(19(25)28-4)23-20(26)24-10-9-15-17(22-11-21-15)18(24)13-5-7-14(27-3)8-6-13/h5-8,11-12,16,18H,9-10H2,1-4H3,(H,21,22)(H,23,26)/t16-,18-/m0/s1. The number of nitrogens with one attached hydrogen (secondary N) is 2. The lowest BCUT2D eigenvalue weighted by atomic mass is 9.95. The number of ether oxygens (including phenoxy) is 2. The van der Waals surface area contributed by atoms with Gasteiger partial charge in [0.25, 0.3) is 0 Å². The number of benzene rings is 1. The highest BCUT2D eigenvalue weighted by Gasteiger charge is 2.36. The number of fused-ring (bicyclic) bond motifs is 1. The molecule has 28 heavy (non-hydrogen) atoms. The minimum absolute atomic E-state index is 0.0958. The number of amides is 2. The van der Waals surface area contributed by atoms with Gasteiger partial charge in [-0.25, -0.2) is 14.6 Å². The first-order valence-corrected chi connectivity index (χ1v) is 9.27. The molecule has 0 fully saturated rings. The number of nitrogens with zero attached hydrogens (tertiary/aromatic N) is 2. The number of imidazole rings is 1. The number of esters is 1. The molecule has 0 unspecified atom stereocenters. The first kappa shape index (κ1) is 19.7. The molecule has 1 aromatic heterocycles. The van der Waals surface area contributed by atoms with Crippen LogP contribution in [0.3, 0.4) is 0 Å². The van der Waals surface area contributed by atoms with Gasteiger partial charge in [-0.15, -0.1) is 0 Å². The Balaban J connectivity index is 1.91. The molecule has 0 spiro atoms. The van der Waals surface area contributed by atoms with Gasteiger partial charge >= 0.3 is 12.0 Å². The van der Waals surface area contributed by atoms with Crippen LogP contribution in [0.15, 0.2) is 30.6 Å². The van der Waals surface area contributed by atoms with E-state index in [1.165, 1.54) is 7.11 Å². The van der Waals surface area contributed by atoms with Crippen LogP contribution in [0.2, 0.25) is 0 Å². The molecule has 2 atom stereocenters. The molecule has 150 valence electrons. The molecule has 1 aromatic carbocycles. The summed E-state index contributed by atoms with van der Waals surface area (Å²) in [7, 11) is 2.93.